The van der Waals surface area contributed by atoms with Crippen LogP contribution in [-0.2, 0) is 21.1 Å². The van der Waals surface area contributed by atoms with Gasteiger partial charge < -0.3 is 14.8 Å². The lowest BCUT2D eigenvalue weighted by Gasteiger charge is -2.11. The van der Waals surface area contributed by atoms with Crippen LogP contribution in [0.1, 0.15) is 12.0 Å². The zero-order valence-electron chi connectivity index (χ0n) is 12.8. The summed E-state index contributed by atoms with van der Waals surface area (Å²) in [5.74, 6) is 1.49. The lowest BCUT2D eigenvalue weighted by Crippen LogP contribution is -2.31. The fourth-order valence-corrected chi connectivity index (χ4v) is 4.39. The molecular weight excluding hydrogens is 306 g/mol. The minimum atomic E-state index is -2.90. The Morgan fingerprint density at radius 3 is 2.59 bits per heavy atom. The molecule has 1 heterocycles. The lowest BCUT2D eigenvalue weighted by atomic mass is 10.1. The maximum absolute atomic E-state index is 12.0. The number of carbonyl (C=O) groups is 1. The molecule has 1 fully saturated rings. The average molecular weight is 327 g/mol. The number of ether oxygens (including phenoxy) is 2. The quantitative estimate of drug-likeness (QED) is 0.836. The molecule has 6 nitrogen and oxygen atoms in total. The number of benzene rings is 1. The van der Waals surface area contributed by atoms with Crippen LogP contribution < -0.4 is 14.8 Å². The van der Waals surface area contributed by atoms with E-state index in [9.17, 15) is 13.2 Å². The van der Waals surface area contributed by atoms with Gasteiger partial charge in [-0.3, -0.25) is 4.79 Å². The molecule has 0 radical (unpaired) electrons. The molecule has 1 saturated heterocycles. The lowest BCUT2D eigenvalue weighted by molar-refractivity contribution is -0.120. The number of sulfone groups is 1. The van der Waals surface area contributed by atoms with Crippen molar-refractivity contribution in [1.82, 2.24) is 5.32 Å². The van der Waals surface area contributed by atoms with Crippen molar-refractivity contribution in [3.63, 3.8) is 0 Å². The molecule has 0 spiro atoms. The predicted molar refractivity (Wildman–Crippen MR) is 83.0 cm³/mol. The van der Waals surface area contributed by atoms with E-state index in [1.54, 1.807) is 32.4 Å². The van der Waals surface area contributed by atoms with Gasteiger partial charge in [-0.15, -0.1) is 0 Å². The molecule has 1 aliphatic heterocycles. The Balaban J connectivity index is 1.87. The molecular formula is C15H21NO5S. The van der Waals surface area contributed by atoms with Gasteiger partial charge in [0.1, 0.15) is 0 Å². The van der Waals surface area contributed by atoms with Crippen molar-refractivity contribution in [3.8, 4) is 11.5 Å². The summed E-state index contributed by atoms with van der Waals surface area (Å²) in [6.45, 7) is 0.408. The molecule has 0 bridgehead atoms. The van der Waals surface area contributed by atoms with E-state index < -0.39 is 9.84 Å². The zero-order valence-corrected chi connectivity index (χ0v) is 13.6. The van der Waals surface area contributed by atoms with Crippen LogP contribution in [0, 0.1) is 5.92 Å². The zero-order chi connectivity index (χ0) is 16.2. The molecule has 1 N–H and O–H groups in total. The first kappa shape index (κ1) is 16.6. The summed E-state index contributed by atoms with van der Waals surface area (Å²) in [5.41, 5.74) is 0.814. The van der Waals surface area contributed by atoms with Gasteiger partial charge in [-0.2, -0.15) is 0 Å². The highest BCUT2D eigenvalue weighted by Crippen LogP contribution is 2.27. The number of amides is 1. The second-order valence-electron chi connectivity index (χ2n) is 5.44. The highest BCUT2D eigenvalue weighted by Gasteiger charge is 2.27. The number of methoxy groups -OCH3 is 2. The Labute approximate surface area is 130 Å². The van der Waals surface area contributed by atoms with Crippen molar-refractivity contribution in [3.05, 3.63) is 23.8 Å². The molecule has 1 aromatic carbocycles. The first-order chi connectivity index (χ1) is 10.4. The molecule has 0 saturated carbocycles. The van der Waals surface area contributed by atoms with Gasteiger partial charge in [0.2, 0.25) is 5.91 Å². The van der Waals surface area contributed by atoms with Gasteiger partial charge in [0, 0.05) is 6.54 Å². The summed E-state index contributed by atoms with van der Waals surface area (Å²) >= 11 is 0. The summed E-state index contributed by atoms with van der Waals surface area (Å²) in [6, 6.07) is 5.32. The third-order valence-electron chi connectivity index (χ3n) is 3.73. The summed E-state index contributed by atoms with van der Waals surface area (Å²) in [6.07, 6.45) is 0.846. The number of rotatable bonds is 6. The Morgan fingerprint density at radius 1 is 1.27 bits per heavy atom. The smallest absolute Gasteiger partial charge is 0.224 e. The first-order valence-corrected chi connectivity index (χ1v) is 8.93. The monoisotopic (exact) mass is 327 g/mol. The van der Waals surface area contributed by atoms with Gasteiger partial charge >= 0.3 is 0 Å². The summed E-state index contributed by atoms with van der Waals surface area (Å²) in [5, 5.41) is 2.80. The second kappa shape index (κ2) is 7.00. The van der Waals surface area contributed by atoms with E-state index in [4.69, 9.17) is 9.47 Å². The largest absolute Gasteiger partial charge is 0.493 e. The fourth-order valence-electron chi connectivity index (χ4n) is 2.53. The van der Waals surface area contributed by atoms with E-state index in [-0.39, 0.29) is 29.8 Å². The molecule has 122 valence electrons. The van der Waals surface area contributed by atoms with Gasteiger partial charge in [-0.1, -0.05) is 6.07 Å². The fraction of sp³-hybridized carbons (Fsp3) is 0.533. The van der Waals surface area contributed by atoms with E-state index in [0.29, 0.717) is 24.5 Å². The second-order valence-corrected chi connectivity index (χ2v) is 7.67. The number of carbonyl (C=O) groups excluding carboxylic acids is 1. The van der Waals surface area contributed by atoms with E-state index in [1.807, 2.05) is 0 Å². The molecule has 7 heteroatoms. The highest BCUT2D eigenvalue weighted by molar-refractivity contribution is 7.91. The number of hydrogen-bond acceptors (Lipinski definition) is 5. The SMILES string of the molecule is COc1ccc(CC(=O)NCC2CCS(=O)(=O)C2)cc1OC. The van der Waals surface area contributed by atoms with Gasteiger partial charge in [-0.25, -0.2) is 8.42 Å². The predicted octanol–water partition coefficient (Wildman–Crippen LogP) is 0.797. The van der Waals surface area contributed by atoms with Crippen molar-refractivity contribution in [2.24, 2.45) is 5.92 Å². The molecule has 0 aromatic heterocycles. The van der Waals surface area contributed by atoms with Crippen molar-refractivity contribution < 1.29 is 22.7 Å². The van der Waals surface area contributed by atoms with Crippen LogP contribution in [0.5, 0.6) is 11.5 Å². The van der Waals surface area contributed by atoms with Crippen molar-refractivity contribution >= 4 is 15.7 Å². The average Bonchev–Trinajstić information content (AvgIpc) is 2.84. The molecule has 1 amide bonds. The maximum Gasteiger partial charge on any atom is 0.224 e. The third kappa shape index (κ3) is 4.37. The van der Waals surface area contributed by atoms with Crippen LogP contribution in [0.4, 0.5) is 0 Å². The van der Waals surface area contributed by atoms with Gasteiger partial charge in [0.05, 0.1) is 32.1 Å². The van der Waals surface area contributed by atoms with E-state index >= 15 is 0 Å². The normalized spacial score (nSPS) is 19.6. The van der Waals surface area contributed by atoms with Crippen LogP contribution >= 0.6 is 0 Å². The Bertz CT molecular complexity index is 641. The van der Waals surface area contributed by atoms with Gasteiger partial charge in [0.15, 0.2) is 21.3 Å². The van der Waals surface area contributed by atoms with Crippen molar-refractivity contribution in [1.29, 1.82) is 0 Å². The van der Waals surface area contributed by atoms with E-state index in [2.05, 4.69) is 5.32 Å². The summed E-state index contributed by atoms with van der Waals surface area (Å²) < 4.78 is 33.1. The van der Waals surface area contributed by atoms with Crippen LogP contribution in [0.25, 0.3) is 0 Å². The molecule has 0 aliphatic carbocycles. The first-order valence-electron chi connectivity index (χ1n) is 7.11. The van der Waals surface area contributed by atoms with Gasteiger partial charge in [-0.05, 0) is 30.0 Å². The van der Waals surface area contributed by atoms with Crippen LogP contribution in [-0.4, -0.2) is 46.6 Å². The Hall–Kier alpha value is -1.76. The number of hydrogen-bond donors (Lipinski definition) is 1. The van der Waals surface area contributed by atoms with Crippen LogP contribution in [0.2, 0.25) is 0 Å². The molecule has 1 unspecified atom stereocenters. The molecule has 1 atom stereocenters. The van der Waals surface area contributed by atoms with Crippen molar-refractivity contribution in [2.75, 3.05) is 32.3 Å². The Kier molecular flexibility index (Phi) is 5.28. The summed E-state index contributed by atoms with van der Waals surface area (Å²) in [7, 11) is 0.199. The van der Waals surface area contributed by atoms with Crippen LogP contribution in [0.15, 0.2) is 18.2 Å². The minimum Gasteiger partial charge on any atom is -0.493 e. The highest BCUT2D eigenvalue weighted by atomic mass is 32.2. The third-order valence-corrected chi connectivity index (χ3v) is 5.56. The molecule has 22 heavy (non-hydrogen) atoms. The standard InChI is InChI=1S/C15H21NO5S/c1-20-13-4-3-11(7-14(13)21-2)8-15(17)16-9-12-5-6-22(18,19)10-12/h3-4,7,12H,5-6,8-10H2,1-2H3,(H,16,17). The molecule has 2 rings (SSSR count). The molecule has 1 aromatic rings. The number of nitrogens with one attached hydrogen (secondary N) is 1. The minimum absolute atomic E-state index is 0.0272. The topological polar surface area (TPSA) is 81.7 Å². The van der Waals surface area contributed by atoms with E-state index in [1.165, 1.54) is 0 Å². The van der Waals surface area contributed by atoms with Crippen molar-refractivity contribution in [2.45, 2.75) is 12.8 Å². The van der Waals surface area contributed by atoms with Gasteiger partial charge in [0.25, 0.3) is 0 Å². The maximum atomic E-state index is 12.0. The Morgan fingerprint density at radius 2 is 2.00 bits per heavy atom. The summed E-state index contributed by atoms with van der Waals surface area (Å²) in [4.78, 5) is 12.0. The van der Waals surface area contributed by atoms with E-state index in [0.717, 1.165) is 5.56 Å². The molecule has 1 aliphatic rings. The van der Waals surface area contributed by atoms with Crippen LogP contribution in [0.3, 0.4) is 0 Å².